The first-order valence-corrected chi connectivity index (χ1v) is 11.4. The molecule has 3 aromatic carbocycles. The number of hydrogen-bond acceptors (Lipinski definition) is 5. The standard InChI is InChI=1S/C26H20N4O2S/c1-16-8-23(14-27-13-16)21-10-20(19-7-6-17-4-2-3-5-18(17)9-19)11-22(12-21)25-28-26(30-29-25)33-15-24(31)32/h2-14H,15H2,1H3,(H,31,32)(H,28,29,30). The van der Waals surface area contributed by atoms with Crippen molar-refractivity contribution in [3.05, 3.63) is 84.7 Å². The van der Waals surface area contributed by atoms with Crippen LogP contribution in [0.15, 0.2) is 84.3 Å². The van der Waals surface area contributed by atoms with Crippen molar-refractivity contribution in [2.75, 3.05) is 5.75 Å². The molecule has 0 spiro atoms. The van der Waals surface area contributed by atoms with Crippen LogP contribution in [0.5, 0.6) is 0 Å². The molecule has 0 aliphatic heterocycles. The molecule has 7 heteroatoms. The van der Waals surface area contributed by atoms with Crippen LogP contribution in [0.1, 0.15) is 5.56 Å². The molecular weight excluding hydrogens is 432 g/mol. The van der Waals surface area contributed by atoms with Gasteiger partial charge in [0.1, 0.15) is 0 Å². The molecule has 2 N–H and O–H groups in total. The van der Waals surface area contributed by atoms with Gasteiger partial charge in [-0.2, -0.15) is 0 Å². The molecule has 5 rings (SSSR count). The second-order valence-corrected chi connectivity index (χ2v) is 8.74. The van der Waals surface area contributed by atoms with Gasteiger partial charge in [-0.05, 0) is 70.3 Å². The molecule has 0 bridgehead atoms. The van der Waals surface area contributed by atoms with E-state index >= 15 is 0 Å². The molecular formula is C26H20N4O2S. The molecule has 0 aliphatic carbocycles. The zero-order valence-electron chi connectivity index (χ0n) is 17.8. The fourth-order valence-corrected chi connectivity index (χ4v) is 4.28. The second kappa shape index (κ2) is 8.88. The third-order valence-corrected chi connectivity index (χ3v) is 6.14. The van der Waals surface area contributed by atoms with Gasteiger partial charge in [0.25, 0.3) is 0 Å². The van der Waals surface area contributed by atoms with E-state index in [9.17, 15) is 4.79 Å². The van der Waals surface area contributed by atoms with Crippen molar-refractivity contribution >= 4 is 28.5 Å². The van der Waals surface area contributed by atoms with E-state index in [-0.39, 0.29) is 5.75 Å². The Balaban J connectivity index is 1.62. The van der Waals surface area contributed by atoms with Crippen molar-refractivity contribution in [1.29, 1.82) is 0 Å². The van der Waals surface area contributed by atoms with E-state index in [1.165, 1.54) is 10.8 Å². The zero-order valence-corrected chi connectivity index (χ0v) is 18.6. The van der Waals surface area contributed by atoms with Crippen LogP contribution in [0.3, 0.4) is 0 Å². The Bertz CT molecular complexity index is 1480. The molecule has 0 saturated heterocycles. The van der Waals surface area contributed by atoms with Crippen LogP contribution in [0.25, 0.3) is 44.4 Å². The highest BCUT2D eigenvalue weighted by molar-refractivity contribution is 7.99. The highest BCUT2D eigenvalue weighted by Crippen LogP contribution is 2.33. The Labute approximate surface area is 194 Å². The first kappa shape index (κ1) is 20.9. The van der Waals surface area contributed by atoms with Gasteiger partial charge in [-0.3, -0.25) is 9.78 Å². The van der Waals surface area contributed by atoms with E-state index in [2.05, 4.69) is 68.7 Å². The number of aromatic amines is 1. The maximum atomic E-state index is 10.9. The van der Waals surface area contributed by atoms with Gasteiger partial charge in [0.2, 0.25) is 0 Å². The minimum atomic E-state index is -0.898. The van der Waals surface area contributed by atoms with Crippen LogP contribution in [-0.2, 0) is 4.79 Å². The van der Waals surface area contributed by atoms with E-state index in [0.29, 0.717) is 11.0 Å². The number of aryl methyl sites for hydroxylation is 1. The average molecular weight is 453 g/mol. The van der Waals surface area contributed by atoms with Crippen molar-refractivity contribution in [1.82, 2.24) is 20.2 Å². The summed E-state index contributed by atoms with van der Waals surface area (Å²) in [5.74, 6) is -0.385. The number of carboxylic acid groups (broad SMARTS) is 1. The number of carbonyl (C=O) groups is 1. The van der Waals surface area contributed by atoms with E-state index in [0.717, 1.165) is 45.1 Å². The number of fused-ring (bicyclic) bond motifs is 1. The molecule has 0 atom stereocenters. The van der Waals surface area contributed by atoms with E-state index in [4.69, 9.17) is 5.11 Å². The summed E-state index contributed by atoms with van der Waals surface area (Å²) in [6.07, 6.45) is 3.69. The molecule has 2 heterocycles. The lowest BCUT2D eigenvalue weighted by molar-refractivity contribution is -0.133. The van der Waals surface area contributed by atoms with Gasteiger partial charge < -0.3 is 10.1 Å². The number of rotatable bonds is 6. The summed E-state index contributed by atoms with van der Waals surface area (Å²) in [6, 6.07) is 23.1. The van der Waals surface area contributed by atoms with E-state index in [1.807, 2.05) is 37.5 Å². The third-order valence-electron chi connectivity index (χ3n) is 5.30. The van der Waals surface area contributed by atoms with Crippen LogP contribution in [0.4, 0.5) is 0 Å². The topological polar surface area (TPSA) is 91.8 Å². The van der Waals surface area contributed by atoms with Crippen LogP contribution in [0.2, 0.25) is 0 Å². The lowest BCUT2D eigenvalue weighted by Crippen LogP contribution is -1.97. The van der Waals surface area contributed by atoms with Crippen molar-refractivity contribution in [2.45, 2.75) is 12.1 Å². The summed E-state index contributed by atoms with van der Waals surface area (Å²) in [4.78, 5) is 18.4. The minimum Gasteiger partial charge on any atom is -0.481 e. The molecule has 0 saturated carbocycles. The largest absolute Gasteiger partial charge is 0.481 e. The normalized spacial score (nSPS) is 11.1. The number of aromatic nitrogens is 4. The average Bonchev–Trinajstić information content (AvgIpc) is 3.31. The number of nitrogens with zero attached hydrogens (tertiary/aromatic N) is 3. The summed E-state index contributed by atoms with van der Waals surface area (Å²) >= 11 is 1.11. The van der Waals surface area contributed by atoms with Gasteiger partial charge >= 0.3 is 5.97 Å². The number of thioether (sulfide) groups is 1. The molecule has 5 aromatic rings. The minimum absolute atomic E-state index is 0.0774. The number of carboxylic acids is 1. The highest BCUT2D eigenvalue weighted by atomic mass is 32.2. The molecule has 162 valence electrons. The Kier molecular flexibility index (Phi) is 5.62. The number of benzene rings is 3. The maximum Gasteiger partial charge on any atom is 0.313 e. The maximum absolute atomic E-state index is 10.9. The fourth-order valence-electron chi connectivity index (χ4n) is 3.75. The summed E-state index contributed by atoms with van der Waals surface area (Å²) in [5.41, 5.74) is 6.12. The Hall–Kier alpha value is -3.97. The summed E-state index contributed by atoms with van der Waals surface area (Å²) in [6.45, 7) is 2.02. The lowest BCUT2D eigenvalue weighted by Gasteiger charge is -2.11. The van der Waals surface area contributed by atoms with Gasteiger partial charge in [-0.15, -0.1) is 10.2 Å². The quantitative estimate of drug-likeness (QED) is 0.315. The number of pyridine rings is 1. The molecule has 0 aliphatic rings. The first-order valence-electron chi connectivity index (χ1n) is 10.4. The van der Waals surface area contributed by atoms with Crippen molar-refractivity contribution in [2.24, 2.45) is 0 Å². The smallest absolute Gasteiger partial charge is 0.313 e. The van der Waals surface area contributed by atoms with Crippen molar-refractivity contribution in [3.8, 4) is 33.6 Å². The SMILES string of the molecule is Cc1cncc(-c2cc(-c3ccc4ccccc4c3)cc(-c3nnc(SCC(=O)O)[nH]3)c2)c1. The van der Waals surface area contributed by atoms with Gasteiger partial charge in [0, 0.05) is 23.5 Å². The fraction of sp³-hybridized carbons (Fsp3) is 0.0769. The monoisotopic (exact) mass is 452 g/mol. The van der Waals surface area contributed by atoms with Gasteiger partial charge in [0.05, 0.1) is 5.75 Å². The number of aliphatic carboxylic acids is 1. The summed E-state index contributed by atoms with van der Waals surface area (Å²) < 4.78 is 0. The Morgan fingerprint density at radius 2 is 1.61 bits per heavy atom. The predicted molar refractivity (Wildman–Crippen MR) is 131 cm³/mol. The number of hydrogen-bond donors (Lipinski definition) is 2. The van der Waals surface area contributed by atoms with Crippen molar-refractivity contribution < 1.29 is 9.90 Å². The van der Waals surface area contributed by atoms with Crippen LogP contribution < -0.4 is 0 Å². The molecule has 0 fully saturated rings. The van der Waals surface area contributed by atoms with Crippen LogP contribution in [-0.4, -0.2) is 37.0 Å². The molecule has 6 nitrogen and oxygen atoms in total. The Morgan fingerprint density at radius 3 is 2.39 bits per heavy atom. The molecule has 0 unspecified atom stereocenters. The summed E-state index contributed by atoms with van der Waals surface area (Å²) in [7, 11) is 0. The van der Waals surface area contributed by atoms with E-state index in [1.54, 1.807) is 0 Å². The number of H-pyrrole nitrogens is 1. The highest BCUT2D eigenvalue weighted by Gasteiger charge is 2.12. The van der Waals surface area contributed by atoms with Gasteiger partial charge in [0.15, 0.2) is 11.0 Å². The molecule has 2 aromatic heterocycles. The first-order chi connectivity index (χ1) is 16.0. The van der Waals surface area contributed by atoms with Crippen LogP contribution >= 0.6 is 11.8 Å². The molecule has 0 radical (unpaired) electrons. The zero-order chi connectivity index (χ0) is 22.8. The van der Waals surface area contributed by atoms with E-state index < -0.39 is 5.97 Å². The summed E-state index contributed by atoms with van der Waals surface area (Å²) in [5, 5.41) is 20.1. The third kappa shape index (κ3) is 4.63. The molecule has 0 amide bonds. The molecule has 33 heavy (non-hydrogen) atoms. The predicted octanol–water partition coefficient (Wildman–Crippen LogP) is 5.84. The van der Waals surface area contributed by atoms with Crippen molar-refractivity contribution in [3.63, 3.8) is 0 Å². The van der Waals surface area contributed by atoms with Gasteiger partial charge in [-0.1, -0.05) is 48.2 Å². The number of nitrogens with one attached hydrogen (secondary N) is 1. The Morgan fingerprint density at radius 1 is 0.848 bits per heavy atom. The van der Waals surface area contributed by atoms with Crippen LogP contribution in [0, 0.1) is 6.92 Å². The van der Waals surface area contributed by atoms with Gasteiger partial charge in [-0.25, -0.2) is 0 Å². The lowest BCUT2D eigenvalue weighted by atomic mass is 9.95. The second-order valence-electron chi connectivity index (χ2n) is 7.77.